The minimum Gasteiger partial charge on any atom is -0.396 e. The van der Waals surface area contributed by atoms with Crippen LogP contribution in [0.1, 0.15) is 17.0 Å². The fourth-order valence-corrected chi connectivity index (χ4v) is 3.87. The standard InChI is InChI=1S/C17H21N3O3S/c1-11-3-5-19(2)16(22)15(11)18-17(23)20-7-13(9-21)14(8-20)12-4-6-24-10-12/h3-6,10,13-14,21H,7-9H2,1-2H3,(H,18,23)/t13-,14-/m0/s1. The molecular formula is C17H21N3O3S. The average molecular weight is 347 g/mol. The third kappa shape index (κ3) is 3.09. The van der Waals surface area contributed by atoms with Crippen molar-refractivity contribution in [1.82, 2.24) is 9.47 Å². The van der Waals surface area contributed by atoms with Crippen LogP contribution < -0.4 is 10.9 Å². The number of aromatic nitrogens is 1. The normalized spacial score (nSPS) is 20.4. The van der Waals surface area contributed by atoms with Crippen molar-refractivity contribution in [2.75, 3.05) is 25.0 Å². The molecule has 2 amide bonds. The minimum atomic E-state index is -0.294. The molecule has 2 aromatic heterocycles. The van der Waals surface area contributed by atoms with E-state index in [4.69, 9.17) is 0 Å². The fraction of sp³-hybridized carbons (Fsp3) is 0.412. The monoisotopic (exact) mass is 347 g/mol. The molecule has 2 N–H and O–H groups in total. The number of hydrogen-bond donors (Lipinski definition) is 2. The summed E-state index contributed by atoms with van der Waals surface area (Å²) < 4.78 is 1.44. The average Bonchev–Trinajstić information content (AvgIpc) is 3.23. The van der Waals surface area contributed by atoms with Gasteiger partial charge in [0, 0.05) is 44.8 Å². The molecule has 0 saturated carbocycles. The number of nitrogens with zero attached hydrogens (tertiary/aromatic N) is 2. The van der Waals surface area contributed by atoms with Crippen LogP contribution in [-0.2, 0) is 7.05 Å². The second-order valence-electron chi connectivity index (χ2n) is 6.23. The van der Waals surface area contributed by atoms with Gasteiger partial charge in [0.25, 0.3) is 5.56 Å². The largest absolute Gasteiger partial charge is 0.396 e. The summed E-state index contributed by atoms with van der Waals surface area (Å²) in [4.78, 5) is 26.5. The fourth-order valence-electron chi connectivity index (χ4n) is 3.14. The molecule has 24 heavy (non-hydrogen) atoms. The Bertz CT molecular complexity index is 785. The summed E-state index contributed by atoms with van der Waals surface area (Å²) in [5.74, 6) is 0.150. The van der Waals surface area contributed by atoms with Gasteiger partial charge in [-0.25, -0.2) is 4.79 Å². The summed E-state index contributed by atoms with van der Waals surface area (Å²) in [6.07, 6.45) is 1.68. The summed E-state index contributed by atoms with van der Waals surface area (Å²) in [5, 5.41) is 16.5. The molecule has 0 radical (unpaired) electrons. The Labute approximate surface area is 144 Å². The number of thiophene rings is 1. The van der Waals surface area contributed by atoms with Gasteiger partial charge in [-0.1, -0.05) is 0 Å². The molecule has 0 bridgehead atoms. The van der Waals surface area contributed by atoms with Crippen LogP contribution in [0.2, 0.25) is 0 Å². The molecule has 2 atom stereocenters. The number of carbonyl (C=O) groups excluding carboxylic acids is 1. The lowest BCUT2D eigenvalue weighted by atomic mass is 9.92. The van der Waals surface area contributed by atoms with Gasteiger partial charge in [0.2, 0.25) is 0 Å². The zero-order valence-corrected chi connectivity index (χ0v) is 14.5. The summed E-state index contributed by atoms with van der Waals surface area (Å²) in [6, 6.07) is 3.54. The third-order valence-corrected chi connectivity index (χ3v) is 5.34. The van der Waals surface area contributed by atoms with Crippen molar-refractivity contribution in [2.24, 2.45) is 13.0 Å². The highest BCUT2D eigenvalue weighted by atomic mass is 32.1. The number of likely N-dealkylation sites (tertiary alicyclic amines) is 1. The minimum absolute atomic E-state index is 0.0186. The molecule has 3 heterocycles. The second kappa shape index (κ2) is 6.78. The van der Waals surface area contributed by atoms with E-state index in [2.05, 4.69) is 10.7 Å². The van der Waals surface area contributed by atoms with Gasteiger partial charge in [-0.3, -0.25) is 4.79 Å². The lowest BCUT2D eigenvalue weighted by molar-refractivity contribution is 0.206. The molecule has 6 nitrogen and oxygen atoms in total. The van der Waals surface area contributed by atoms with Crippen LogP contribution in [0.4, 0.5) is 10.5 Å². The molecule has 1 fully saturated rings. The number of pyridine rings is 1. The number of amides is 2. The van der Waals surface area contributed by atoms with E-state index in [1.54, 1.807) is 42.5 Å². The van der Waals surface area contributed by atoms with E-state index in [1.807, 2.05) is 11.4 Å². The van der Waals surface area contributed by atoms with Crippen molar-refractivity contribution in [3.8, 4) is 0 Å². The van der Waals surface area contributed by atoms with Crippen molar-refractivity contribution >= 4 is 23.1 Å². The highest BCUT2D eigenvalue weighted by Crippen LogP contribution is 2.33. The molecule has 0 unspecified atom stereocenters. The highest BCUT2D eigenvalue weighted by molar-refractivity contribution is 7.08. The molecule has 1 aliphatic heterocycles. The van der Waals surface area contributed by atoms with Gasteiger partial charge in [0.15, 0.2) is 0 Å². The smallest absolute Gasteiger partial charge is 0.322 e. The number of nitrogens with one attached hydrogen (secondary N) is 1. The molecule has 2 aromatic rings. The number of aliphatic hydroxyl groups excluding tert-OH is 1. The lowest BCUT2D eigenvalue weighted by Crippen LogP contribution is -2.36. The molecule has 7 heteroatoms. The first-order valence-corrected chi connectivity index (χ1v) is 8.80. The zero-order valence-electron chi connectivity index (χ0n) is 13.7. The van der Waals surface area contributed by atoms with Crippen LogP contribution in [0.25, 0.3) is 0 Å². The van der Waals surface area contributed by atoms with Crippen LogP contribution in [0.5, 0.6) is 0 Å². The topological polar surface area (TPSA) is 74.6 Å². The van der Waals surface area contributed by atoms with Gasteiger partial charge in [0.05, 0.1) is 0 Å². The number of urea groups is 1. The van der Waals surface area contributed by atoms with E-state index in [-0.39, 0.29) is 30.0 Å². The molecule has 0 spiro atoms. The van der Waals surface area contributed by atoms with Crippen LogP contribution in [0.3, 0.4) is 0 Å². The van der Waals surface area contributed by atoms with Gasteiger partial charge in [0.1, 0.15) is 5.69 Å². The molecule has 0 aliphatic carbocycles. The first-order valence-electron chi connectivity index (χ1n) is 7.86. The van der Waals surface area contributed by atoms with Crippen LogP contribution in [0.15, 0.2) is 33.9 Å². The quantitative estimate of drug-likeness (QED) is 0.892. The van der Waals surface area contributed by atoms with Crippen LogP contribution in [-0.4, -0.2) is 40.3 Å². The second-order valence-corrected chi connectivity index (χ2v) is 7.01. The van der Waals surface area contributed by atoms with Crippen molar-refractivity contribution in [3.05, 3.63) is 50.6 Å². The Kier molecular flexibility index (Phi) is 4.73. The molecule has 128 valence electrons. The van der Waals surface area contributed by atoms with E-state index in [0.717, 1.165) is 11.1 Å². The van der Waals surface area contributed by atoms with Crippen molar-refractivity contribution in [3.63, 3.8) is 0 Å². The van der Waals surface area contributed by atoms with E-state index < -0.39 is 0 Å². The molecular weight excluding hydrogens is 326 g/mol. The lowest BCUT2D eigenvalue weighted by Gasteiger charge is -2.18. The molecule has 0 aromatic carbocycles. The predicted octanol–water partition coefficient (Wildman–Crippen LogP) is 2.00. The van der Waals surface area contributed by atoms with Gasteiger partial charge in [-0.2, -0.15) is 11.3 Å². The predicted molar refractivity (Wildman–Crippen MR) is 94.6 cm³/mol. The van der Waals surface area contributed by atoms with E-state index in [1.165, 1.54) is 4.57 Å². The summed E-state index contributed by atoms with van der Waals surface area (Å²) in [5.41, 5.74) is 1.97. The number of rotatable bonds is 3. The zero-order chi connectivity index (χ0) is 17.3. The van der Waals surface area contributed by atoms with Crippen LogP contribution >= 0.6 is 11.3 Å². The number of anilines is 1. The maximum absolute atomic E-state index is 12.6. The van der Waals surface area contributed by atoms with Gasteiger partial charge in [-0.05, 0) is 40.9 Å². The Balaban J connectivity index is 1.77. The van der Waals surface area contributed by atoms with Gasteiger partial charge in [-0.15, -0.1) is 0 Å². The first kappa shape index (κ1) is 16.7. The van der Waals surface area contributed by atoms with Crippen molar-refractivity contribution in [2.45, 2.75) is 12.8 Å². The van der Waals surface area contributed by atoms with Gasteiger partial charge < -0.3 is 19.9 Å². The Morgan fingerprint density at radius 1 is 1.42 bits per heavy atom. The SMILES string of the molecule is Cc1ccn(C)c(=O)c1NC(=O)N1C[C@@H](CO)[C@H](c2ccsc2)C1. The maximum atomic E-state index is 12.6. The Hall–Kier alpha value is -2.12. The van der Waals surface area contributed by atoms with E-state index in [0.29, 0.717) is 18.8 Å². The van der Waals surface area contributed by atoms with Crippen LogP contribution in [0, 0.1) is 12.8 Å². The van der Waals surface area contributed by atoms with Gasteiger partial charge >= 0.3 is 6.03 Å². The van der Waals surface area contributed by atoms with E-state index in [9.17, 15) is 14.7 Å². The third-order valence-electron chi connectivity index (χ3n) is 4.64. The van der Waals surface area contributed by atoms with Crippen molar-refractivity contribution in [1.29, 1.82) is 0 Å². The summed E-state index contributed by atoms with van der Waals surface area (Å²) in [6.45, 7) is 2.86. The van der Waals surface area contributed by atoms with Crippen molar-refractivity contribution < 1.29 is 9.90 Å². The Morgan fingerprint density at radius 2 is 2.21 bits per heavy atom. The summed E-state index contributed by atoms with van der Waals surface area (Å²) in [7, 11) is 1.65. The van der Waals surface area contributed by atoms with E-state index >= 15 is 0 Å². The molecule has 3 rings (SSSR count). The molecule has 1 saturated heterocycles. The molecule has 1 aliphatic rings. The maximum Gasteiger partial charge on any atom is 0.322 e. The highest BCUT2D eigenvalue weighted by Gasteiger charge is 2.36. The Morgan fingerprint density at radius 3 is 2.88 bits per heavy atom. The number of hydrogen-bond acceptors (Lipinski definition) is 4. The number of aliphatic hydroxyl groups is 1. The number of carbonyl (C=O) groups is 1. The first-order chi connectivity index (χ1) is 11.5. The summed E-state index contributed by atoms with van der Waals surface area (Å²) >= 11 is 1.61. The number of aryl methyl sites for hydroxylation is 2.